The lowest BCUT2D eigenvalue weighted by Crippen LogP contribution is -2.42. The minimum absolute atomic E-state index is 0.126. The summed E-state index contributed by atoms with van der Waals surface area (Å²) >= 11 is 0. The number of likely N-dealkylation sites (tertiary alicyclic amines) is 1. The van der Waals surface area contributed by atoms with Crippen LogP contribution in [0.2, 0.25) is 0 Å². The molecular weight excluding hydrogens is 200 g/mol. The molecule has 0 radical (unpaired) electrons. The van der Waals surface area contributed by atoms with Gasteiger partial charge in [0.2, 0.25) is 5.91 Å². The minimum Gasteiger partial charge on any atom is -0.341 e. The van der Waals surface area contributed by atoms with Gasteiger partial charge < -0.3 is 10.2 Å². The molecule has 0 aromatic carbocycles. The van der Waals surface area contributed by atoms with Crippen molar-refractivity contribution in [3.8, 4) is 0 Å². The van der Waals surface area contributed by atoms with Crippen LogP contribution in [0.3, 0.4) is 0 Å². The lowest BCUT2D eigenvalue weighted by Gasteiger charge is -2.23. The number of hydrogen-bond donors (Lipinski definition) is 1. The quantitative estimate of drug-likeness (QED) is 0.794. The molecule has 2 unspecified atom stereocenters. The van der Waals surface area contributed by atoms with Gasteiger partial charge in [0.15, 0.2) is 0 Å². The molecule has 0 aromatic rings. The second kappa shape index (κ2) is 5.67. The van der Waals surface area contributed by atoms with Crippen LogP contribution in [0.25, 0.3) is 0 Å². The van der Waals surface area contributed by atoms with E-state index in [-0.39, 0.29) is 5.92 Å². The van der Waals surface area contributed by atoms with Crippen molar-refractivity contribution in [2.75, 3.05) is 13.1 Å². The van der Waals surface area contributed by atoms with Crippen LogP contribution in [0.5, 0.6) is 0 Å². The first-order valence-electron chi connectivity index (χ1n) is 6.46. The molecule has 1 heterocycles. The van der Waals surface area contributed by atoms with Crippen LogP contribution >= 0.6 is 0 Å². The minimum atomic E-state index is 0.126. The number of rotatable bonds is 4. The number of carbonyl (C=O) groups is 1. The SMILES string of the molecule is CC(C)C(=O)N1CCC(NC(C)C(C)C)C1. The number of hydrogen-bond acceptors (Lipinski definition) is 2. The molecule has 0 saturated carbocycles. The average Bonchev–Trinajstić information content (AvgIpc) is 2.64. The maximum absolute atomic E-state index is 11.8. The Hall–Kier alpha value is -0.570. The molecule has 0 aromatic heterocycles. The topological polar surface area (TPSA) is 32.3 Å². The Kier molecular flexibility index (Phi) is 4.78. The van der Waals surface area contributed by atoms with Crippen molar-refractivity contribution >= 4 is 5.91 Å². The summed E-state index contributed by atoms with van der Waals surface area (Å²) < 4.78 is 0. The Labute approximate surface area is 99.6 Å². The smallest absolute Gasteiger partial charge is 0.225 e. The number of amides is 1. The van der Waals surface area contributed by atoms with E-state index in [2.05, 4.69) is 26.1 Å². The van der Waals surface area contributed by atoms with Crippen LogP contribution in [0.1, 0.15) is 41.0 Å². The molecule has 94 valence electrons. The lowest BCUT2D eigenvalue weighted by atomic mass is 10.1. The summed E-state index contributed by atoms with van der Waals surface area (Å²) in [4.78, 5) is 13.8. The molecule has 1 amide bonds. The summed E-state index contributed by atoms with van der Waals surface area (Å²) in [6.45, 7) is 12.4. The predicted octanol–water partition coefficient (Wildman–Crippen LogP) is 1.88. The fraction of sp³-hybridized carbons (Fsp3) is 0.923. The fourth-order valence-electron chi connectivity index (χ4n) is 2.03. The first-order chi connectivity index (χ1) is 7.41. The number of nitrogens with zero attached hydrogens (tertiary/aromatic N) is 1. The van der Waals surface area contributed by atoms with Gasteiger partial charge in [-0.15, -0.1) is 0 Å². The fourth-order valence-corrected chi connectivity index (χ4v) is 2.03. The highest BCUT2D eigenvalue weighted by atomic mass is 16.2. The van der Waals surface area contributed by atoms with E-state index >= 15 is 0 Å². The molecule has 1 N–H and O–H groups in total. The van der Waals surface area contributed by atoms with Crippen molar-refractivity contribution in [2.24, 2.45) is 11.8 Å². The van der Waals surface area contributed by atoms with Gasteiger partial charge in [-0.1, -0.05) is 27.7 Å². The zero-order chi connectivity index (χ0) is 12.3. The molecular formula is C13H26N2O. The van der Waals surface area contributed by atoms with Gasteiger partial charge in [-0.2, -0.15) is 0 Å². The Morgan fingerprint density at radius 1 is 1.25 bits per heavy atom. The summed E-state index contributed by atoms with van der Waals surface area (Å²) in [5.41, 5.74) is 0. The van der Waals surface area contributed by atoms with Gasteiger partial charge in [0.1, 0.15) is 0 Å². The lowest BCUT2D eigenvalue weighted by molar-refractivity contribution is -0.133. The van der Waals surface area contributed by atoms with E-state index in [4.69, 9.17) is 0 Å². The van der Waals surface area contributed by atoms with Gasteiger partial charge in [0.05, 0.1) is 0 Å². The molecule has 1 rings (SSSR count). The summed E-state index contributed by atoms with van der Waals surface area (Å²) in [5, 5.41) is 3.61. The first-order valence-corrected chi connectivity index (χ1v) is 6.46. The number of carbonyl (C=O) groups excluding carboxylic acids is 1. The third kappa shape index (κ3) is 3.48. The maximum Gasteiger partial charge on any atom is 0.225 e. The molecule has 0 bridgehead atoms. The largest absolute Gasteiger partial charge is 0.341 e. The number of nitrogens with one attached hydrogen (secondary N) is 1. The van der Waals surface area contributed by atoms with Crippen molar-refractivity contribution in [3.63, 3.8) is 0 Å². The highest BCUT2D eigenvalue weighted by molar-refractivity contribution is 5.78. The van der Waals surface area contributed by atoms with Gasteiger partial charge in [-0.25, -0.2) is 0 Å². The molecule has 3 nitrogen and oxygen atoms in total. The highest BCUT2D eigenvalue weighted by Gasteiger charge is 2.28. The third-order valence-corrected chi connectivity index (χ3v) is 3.49. The van der Waals surface area contributed by atoms with Crippen LogP contribution < -0.4 is 5.32 Å². The van der Waals surface area contributed by atoms with Gasteiger partial charge >= 0.3 is 0 Å². The van der Waals surface area contributed by atoms with Crippen molar-refractivity contribution in [1.29, 1.82) is 0 Å². The first kappa shape index (κ1) is 13.5. The second-order valence-corrected chi connectivity index (χ2v) is 5.62. The van der Waals surface area contributed by atoms with E-state index < -0.39 is 0 Å². The van der Waals surface area contributed by atoms with Gasteiger partial charge in [-0.05, 0) is 19.3 Å². The summed E-state index contributed by atoms with van der Waals surface area (Å²) in [7, 11) is 0. The van der Waals surface area contributed by atoms with E-state index in [9.17, 15) is 4.79 Å². The van der Waals surface area contributed by atoms with Crippen LogP contribution in [0, 0.1) is 11.8 Å². The van der Waals surface area contributed by atoms with Crippen LogP contribution in [0.15, 0.2) is 0 Å². The van der Waals surface area contributed by atoms with Crippen LogP contribution in [0.4, 0.5) is 0 Å². The molecule has 1 aliphatic rings. The van der Waals surface area contributed by atoms with Crippen LogP contribution in [-0.4, -0.2) is 36.0 Å². The van der Waals surface area contributed by atoms with Gasteiger partial charge in [-0.3, -0.25) is 4.79 Å². The zero-order valence-electron chi connectivity index (χ0n) is 11.3. The average molecular weight is 226 g/mol. The maximum atomic E-state index is 11.8. The molecule has 1 aliphatic heterocycles. The Bertz CT molecular complexity index is 238. The highest BCUT2D eigenvalue weighted by Crippen LogP contribution is 2.14. The molecule has 1 fully saturated rings. The summed E-state index contributed by atoms with van der Waals surface area (Å²) in [6, 6.07) is 1.01. The van der Waals surface area contributed by atoms with Gasteiger partial charge in [0.25, 0.3) is 0 Å². The second-order valence-electron chi connectivity index (χ2n) is 5.62. The summed E-state index contributed by atoms with van der Waals surface area (Å²) in [5.74, 6) is 1.07. The monoisotopic (exact) mass is 226 g/mol. The predicted molar refractivity (Wildman–Crippen MR) is 67.3 cm³/mol. The molecule has 0 aliphatic carbocycles. The normalized spacial score (nSPS) is 23.2. The van der Waals surface area contributed by atoms with Crippen LogP contribution in [-0.2, 0) is 4.79 Å². The Balaban J connectivity index is 2.38. The van der Waals surface area contributed by atoms with Crippen molar-refractivity contribution in [3.05, 3.63) is 0 Å². The van der Waals surface area contributed by atoms with E-state index in [0.717, 1.165) is 19.5 Å². The molecule has 0 spiro atoms. The standard InChI is InChI=1S/C13H26N2O/c1-9(2)11(5)14-12-6-7-15(8-12)13(16)10(3)4/h9-12,14H,6-8H2,1-5H3. The zero-order valence-corrected chi connectivity index (χ0v) is 11.3. The summed E-state index contributed by atoms with van der Waals surface area (Å²) in [6.07, 6.45) is 1.09. The van der Waals surface area contributed by atoms with E-state index in [0.29, 0.717) is 23.9 Å². The molecule has 2 atom stereocenters. The Morgan fingerprint density at radius 3 is 2.38 bits per heavy atom. The molecule has 1 saturated heterocycles. The van der Waals surface area contributed by atoms with E-state index in [1.165, 1.54) is 0 Å². The van der Waals surface area contributed by atoms with Crippen molar-refractivity contribution < 1.29 is 4.79 Å². The van der Waals surface area contributed by atoms with E-state index in [1.807, 2.05) is 18.7 Å². The van der Waals surface area contributed by atoms with Crippen molar-refractivity contribution in [1.82, 2.24) is 10.2 Å². The molecule has 3 heteroatoms. The molecule has 16 heavy (non-hydrogen) atoms. The van der Waals surface area contributed by atoms with Gasteiger partial charge in [0, 0.05) is 31.1 Å². The van der Waals surface area contributed by atoms with E-state index in [1.54, 1.807) is 0 Å². The van der Waals surface area contributed by atoms with Crippen molar-refractivity contribution in [2.45, 2.75) is 53.1 Å². The third-order valence-electron chi connectivity index (χ3n) is 3.49. The Morgan fingerprint density at radius 2 is 1.88 bits per heavy atom.